The zero-order valence-corrected chi connectivity index (χ0v) is 32.8. The summed E-state index contributed by atoms with van der Waals surface area (Å²) in [4.78, 5) is 0. The molecule has 1 fully saturated rings. The van der Waals surface area contributed by atoms with Gasteiger partial charge in [0, 0.05) is 0 Å². The van der Waals surface area contributed by atoms with E-state index in [0.29, 0.717) is 7.35 Å². The molecule has 0 aromatic heterocycles. The molecule has 48 heavy (non-hydrogen) atoms. The summed E-state index contributed by atoms with van der Waals surface area (Å²) in [5.74, 6) is 0. The average molecular weight is 799 g/mol. The molecule has 9 rings (SSSR count). The van der Waals surface area contributed by atoms with Gasteiger partial charge in [0.25, 0.3) is 0 Å². The molecule has 0 bridgehead atoms. The van der Waals surface area contributed by atoms with E-state index >= 15 is 0 Å². The molecule has 0 N–H and O–H groups in total. The number of aryl methyl sites for hydroxylation is 2. The normalized spacial score (nSPS) is 19.4. The van der Waals surface area contributed by atoms with E-state index in [1.165, 1.54) is 54.9 Å². The van der Waals surface area contributed by atoms with Crippen LogP contribution in [0.4, 0.5) is 0 Å². The summed E-state index contributed by atoms with van der Waals surface area (Å²) in [5.41, 5.74) is 14.2. The van der Waals surface area contributed by atoms with Gasteiger partial charge in [-0.25, -0.2) is 0 Å². The Labute approximate surface area is 290 Å². The van der Waals surface area contributed by atoms with Gasteiger partial charge in [0.2, 0.25) is 0 Å². The number of benzene rings is 6. The van der Waals surface area contributed by atoms with Gasteiger partial charge in [-0.3, -0.25) is 0 Å². The van der Waals surface area contributed by atoms with Crippen LogP contribution in [0.1, 0.15) is 40.7 Å². The molecule has 0 spiro atoms. The molecule has 6 aromatic rings. The van der Waals surface area contributed by atoms with Crippen LogP contribution in [-0.4, -0.2) is 8.07 Å². The molecular formula is C46H40HfSi. The maximum atomic E-state index is 2.78. The van der Waals surface area contributed by atoms with Crippen LogP contribution in [0.25, 0.3) is 34.4 Å². The molecule has 3 aliphatic rings. The van der Waals surface area contributed by atoms with Crippen molar-refractivity contribution >= 4 is 30.6 Å². The van der Waals surface area contributed by atoms with Crippen molar-refractivity contribution in [3.8, 4) is 22.3 Å². The first-order valence-corrected chi connectivity index (χ1v) is 30.7. The van der Waals surface area contributed by atoms with Crippen molar-refractivity contribution in [2.75, 3.05) is 0 Å². The van der Waals surface area contributed by atoms with Crippen molar-refractivity contribution < 1.29 is 20.0 Å². The standard InChI is InChI=1S/C44H34Si.2CH3.Hf/c1-31-13-9-15-33(25-31)41-23-11-17-35-27-39(29-43(35)41)45(37-19-5-3-6-20-37,38-21-7-4-8-22-38)40-28-36-18-12-24-42(44(36)30-40)34-16-10-14-32(2)26-34;;;/h3-30H,1-2H3;2*1H3;. The molecule has 1 aliphatic heterocycles. The van der Waals surface area contributed by atoms with Crippen molar-refractivity contribution in [3.63, 3.8) is 0 Å². The van der Waals surface area contributed by atoms with E-state index in [1.807, 2.05) is 0 Å². The number of rotatable bonds is 4. The fourth-order valence-electron chi connectivity index (χ4n) is 9.73. The SMILES string of the molecule is Cc1cccc(-c2cccc3c2C=C2[CH]3[Hf]([CH3])([CH3])[CH]3C(=Cc4c(-c5cccc(C)c5)cccc43)[Si]2(c2ccccc2)c2ccccc2)c1. The number of hydrogen-bond acceptors (Lipinski definition) is 0. The van der Waals surface area contributed by atoms with E-state index < -0.39 is 28.0 Å². The third-order valence-electron chi connectivity index (χ3n) is 11.5. The fourth-order valence-corrected chi connectivity index (χ4v) is 40.9. The Hall–Kier alpha value is -4.11. The van der Waals surface area contributed by atoms with E-state index in [1.54, 1.807) is 21.5 Å². The summed E-state index contributed by atoms with van der Waals surface area (Å²) in [5, 5.41) is 6.49. The molecule has 2 heteroatoms. The van der Waals surface area contributed by atoms with E-state index in [-0.39, 0.29) is 0 Å². The topological polar surface area (TPSA) is 0 Å². The molecule has 1 heterocycles. The summed E-state index contributed by atoms with van der Waals surface area (Å²) in [6, 6.07) is 55.9. The van der Waals surface area contributed by atoms with Crippen molar-refractivity contribution in [2.45, 2.75) is 30.6 Å². The third-order valence-corrected chi connectivity index (χ3v) is 33.8. The first-order valence-electron chi connectivity index (χ1n) is 17.3. The van der Waals surface area contributed by atoms with Crippen LogP contribution in [0.15, 0.2) is 156 Å². The van der Waals surface area contributed by atoms with Crippen LogP contribution in [0.5, 0.6) is 0 Å². The monoisotopic (exact) mass is 800 g/mol. The fraction of sp³-hybridized carbons (Fsp3) is 0.130. The first-order chi connectivity index (χ1) is 23.4. The quantitative estimate of drug-likeness (QED) is 0.156. The van der Waals surface area contributed by atoms with Gasteiger partial charge in [-0.1, -0.05) is 0 Å². The molecule has 6 aromatic carbocycles. The summed E-state index contributed by atoms with van der Waals surface area (Å²) >= 11 is -3.30. The predicted octanol–water partition coefficient (Wildman–Crippen LogP) is 10.8. The Morgan fingerprint density at radius 1 is 0.458 bits per heavy atom. The first kappa shape index (κ1) is 30.0. The Morgan fingerprint density at radius 3 is 1.29 bits per heavy atom. The van der Waals surface area contributed by atoms with Crippen LogP contribution >= 0.6 is 0 Å². The maximum absolute atomic E-state index is 3.30. The van der Waals surface area contributed by atoms with Crippen LogP contribution in [0, 0.1) is 13.8 Å². The van der Waals surface area contributed by atoms with Gasteiger partial charge in [-0.15, -0.1) is 0 Å². The van der Waals surface area contributed by atoms with Crippen molar-refractivity contribution in [2.24, 2.45) is 0 Å². The Kier molecular flexibility index (Phi) is 7.01. The second-order valence-electron chi connectivity index (χ2n) is 14.7. The molecule has 0 amide bonds. The van der Waals surface area contributed by atoms with Gasteiger partial charge in [0.1, 0.15) is 0 Å². The minimum absolute atomic E-state index is 0.514. The molecule has 0 radical (unpaired) electrons. The molecule has 0 nitrogen and oxygen atoms in total. The van der Waals surface area contributed by atoms with Crippen LogP contribution in [0.3, 0.4) is 0 Å². The molecule has 2 unspecified atom stereocenters. The number of fused-ring (bicyclic) bond motifs is 6. The summed E-state index contributed by atoms with van der Waals surface area (Å²) in [6.07, 6.45) is 5.43. The molecule has 0 saturated carbocycles. The molecular weight excluding hydrogens is 759 g/mol. The molecule has 2 aliphatic carbocycles. The second kappa shape index (κ2) is 11.2. The second-order valence-corrected chi connectivity index (χ2v) is 35.8. The average Bonchev–Trinajstić information content (AvgIpc) is 3.71. The molecule has 2 atom stereocenters. The molecule has 1 saturated heterocycles. The summed E-state index contributed by atoms with van der Waals surface area (Å²) in [6.45, 7) is 4.42. The third kappa shape index (κ3) is 4.28. The summed E-state index contributed by atoms with van der Waals surface area (Å²) < 4.78 is 6.59. The van der Waals surface area contributed by atoms with E-state index in [9.17, 15) is 0 Å². The van der Waals surface area contributed by atoms with Gasteiger partial charge in [0.15, 0.2) is 0 Å². The van der Waals surface area contributed by atoms with Crippen molar-refractivity contribution in [1.29, 1.82) is 0 Å². The zero-order valence-electron chi connectivity index (χ0n) is 28.2. The van der Waals surface area contributed by atoms with Crippen LogP contribution in [0.2, 0.25) is 9.36 Å². The summed E-state index contributed by atoms with van der Waals surface area (Å²) in [7, 11) is -2.67. The molecule has 232 valence electrons. The zero-order chi connectivity index (χ0) is 32.6. The van der Waals surface area contributed by atoms with E-state index in [2.05, 4.69) is 181 Å². The van der Waals surface area contributed by atoms with Crippen LogP contribution in [-0.2, 0) is 20.0 Å². The van der Waals surface area contributed by atoms with Crippen LogP contribution < -0.4 is 10.4 Å². The number of hydrogen-bond donors (Lipinski definition) is 0. The van der Waals surface area contributed by atoms with Gasteiger partial charge in [-0.2, -0.15) is 0 Å². The Balaban J connectivity index is 1.40. The van der Waals surface area contributed by atoms with E-state index in [4.69, 9.17) is 0 Å². The van der Waals surface area contributed by atoms with Crippen molar-refractivity contribution in [1.82, 2.24) is 0 Å². The Morgan fingerprint density at radius 2 is 0.875 bits per heavy atom. The van der Waals surface area contributed by atoms with Gasteiger partial charge >= 0.3 is 293 Å². The van der Waals surface area contributed by atoms with E-state index in [0.717, 1.165) is 0 Å². The minimum atomic E-state index is -3.30. The Bertz CT molecular complexity index is 2130. The van der Waals surface area contributed by atoms with Gasteiger partial charge in [0.05, 0.1) is 0 Å². The number of allylic oxidation sites excluding steroid dienone is 2. The van der Waals surface area contributed by atoms with Gasteiger partial charge < -0.3 is 0 Å². The van der Waals surface area contributed by atoms with Gasteiger partial charge in [-0.05, 0) is 0 Å². The predicted molar refractivity (Wildman–Crippen MR) is 204 cm³/mol. The van der Waals surface area contributed by atoms with Crippen molar-refractivity contribution in [3.05, 3.63) is 189 Å².